The standard InChI is InChI=1S/C16H27NO/c1-12-3-5-14(6-4-12)15(18)16(11-17)9-7-13(2)8-10-16/h12-15,18H,3-10H2,1-2H3. The maximum atomic E-state index is 10.7. The van der Waals surface area contributed by atoms with E-state index in [0.717, 1.165) is 50.4 Å². The van der Waals surface area contributed by atoms with E-state index in [9.17, 15) is 10.4 Å². The van der Waals surface area contributed by atoms with Crippen LogP contribution in [-0.2, 0) is 0 Å². The SMILES string of the molecule is CC1CCC(C(O)C2(C#N)CCC(C)CC2)CC1. The number of rotatable bonds is 2. The average molecular weight is 249 g/mol. The van der Waals surface area contributed by atoms with Crippen LogP contribution in [0.3, 0.4) is 0 Å². The minimum atomic E-state index is -0.433. The number of nitrogens with zero attached hydrogens (tertiary/aromatic N) is 1. The van der Waals surface area contributed by atoms with Crippen LogP contribution in [0.25, 0.3) is 0 Å². The van der Waals surface area contributed by atoms with Gasteiger partial charge in [0.15, 0.2) is 0 Å². The fraction of sp³-hybridized carbons (Fsp3) is 0.938. The fourth-order valence-corrected chi connectivity index (χ4v) is 3.80. The van der Waals surface area contributed by atoms with Gasteiger partial charge in [-0.2, -0.15) is 5.26 Å². The first-order valence-corrected chi connectivity index (χ1v) is 7.67. The van der Waals surface area contributed by atoms with Crippen molar-refractivity contribution in [3.8, 4) is 6.07 Å². The summed E-state index contributed by atoms with van der Waals surface area (Å²) in [5.41, 5.74) is -0.433. The monoisotopic (exact) mass is 249 g/mol. The van der Waals surface area contributed by atoms with E-state index in [1.165, 1.54) is 12.8 Å². The number of nitriles is 1. The van der Waals surface area contributed by atoms with Gasteiger partial charge in [0.05, 0.1) is 17.6 Å². The summed E-state index contributed by atoms with van der Waals surface area (Å²) in [7, 11) is 0. The second-order valence-corrected chi connectivity index (χ2v) is 6.92. The van der Waals surface area contributed by atoms with Gasteiger partial charge in [-0.1, -0.05) is 26.7 Å². The lowest BCUT2D eigenvalue weighted by Crippen LogP contribution is -2.43. The van der Waals surface area contributed by atoms with E-state index in [2.05, 4.69) is 19.9 Å². The van der Waals surface area contributed by atoms with Gasteiger partial charge < -0.3 is 5.11 Å². The zero-order valence-electron chi connectivity index (χ0n) is 11.9. The Labute approximate surface area is 111 Å². The lowest BCUT2D eigenvalue weighted by atomic mass is 9.63. The molecule has 2 heteroatoms. The van der Waals surface area contributed by atoms with Gasteiger partial charge in [0, 0.05) is 0 Å². The number of aliphatic hydroxyl groups excluding tert-OH is 1. The van der Waals surface area contributed by atoms with Crippen molar-refractivity contribution in [3.63, 3.8) is 0 Å². The van der Waals surface area contributed by atoms with Crippen molar-refractivity contribution in [1.82, 2.24) is 0 Å². The van der Waals surface area contributed by atoms with Crippen LogP contribution in [0.15, 0.2) is 0 Å². The molecule has 1 unspecified atom stereocenters. The topological polar surface area (TPSA) is 44.0 Å². The summed E-state index contributed by atoms with van der Waals surface area (Å²) in [4.78, 5) is 0. The van der Waals surface area contributed by atoms with E-state index in [4.69, 9.17) is 0 Å². The average Bonchev–Trinajstić information content (AvgIpc) is 2.40. The molecule has 2 saturated carbocycles. The predicted molar refractivity (Wildman–Crippen MR) is 72.8 cm³/mol. The molecular weight excluding hydrogens is 222 g/mol. The fourth-order valence-electron chi connectivity index (χ4n) is 3.80. The van der Waals surface area contributed by atoms with E-state index in [1.807, 2.05) is 0 Å². The summed E-state index contributed by atoms with van der Waals surface area (Å²) >= 11 is 0. The van der Waals surface area contributed by atoms with Crippen molar-refractivity contribution in [3.05, 3.63) is 0 Å². The summed E-state index contributed by atoms with van der Waals surface area (Å²) in [5, 5.41) is 20.3. The second kappa shape index (κ2) is 5.61. The third-order valence-corrected chi connectivity index (χ3v) is 5.46. The summed E-state index contributed by atoms with van der Waals surface area (Å²) in [6.45, 7) is 4.56. The zero-order valence-corrected chi connectivity index (χ0v) is 11.9. The molecule has 2 nitrogen and oxygen atoms in total. The molecule has 0 radical (unpaired) electrons. The Bertz CT molecular complexity index is 304. The van der Waals surface area contributed by atoms with Crippen LogP contribution in [-0.4, -0.2) is 11.2 Å². The highest BCUT2D eigenvalue weighted by molar-refractivity contribution is 5.07. The van der Waals surface area contributed by atoms with Crippen LogP contribution in [0.2, 0.25) is 0 Å². The first kappa shape index (κ1) is 13.9. The molecule has 2 rings (SSSR count). The second-order valence-electron chi connectivity index (χ2n) is 6.92. The van der Waals surface area contributed by atoms with Gasteiger partial charge >= 0.3 is 0 Å². The van der Waals surface area contributed by atoms with Gasteiger partial charge in [-0.3, -0.25) is 0 Å². The van der Waals surface area contributed by atoms with Gasteiger partial charge in [0.25, 0.3) is 0 Å². The molecule has 102 valence electrons. The molecule has 2 fully saturated rings. The third-order valence-electron chi connectivity index (χ3n) is 5.46. The molecule has 0 heterocycles. The molecule has 0 saturated heterocycles. The summed E-state index contributed by atoms with van der Waals surface area (Å²) < 4.78 is 0. The Kier molecular flexibility index (Phi) is 4.33. The molecule has 0 amide bonds. The molecule has 18 heavy (non-hydrogen) atoms. The van der Waals surface area contributed by atoms with E-state index in [1.54, 1.807) is 0 Å². The Morgan fingerprint density at radius 2 is 1.50 bits per heavy atom. The van der Waals surface area contributed by atoms with Crippen LogP contribution in [0.5, 0.6) is 0 Å². The first-order chi connectivity index (χ1) is 8.57. The Hall–Kier alpha value is -0.550. The molecule has 1 atom stereocenters. The smallest absolute Gasteiger partial charge is 0.0835 e. The zero-order chi connectivity index (χ0) is 13.2. The maximum Gasteiger partial charge on any atom is 0.0835 e. The lowest BCUT2D eigenvalue weighted by molar-refractivity contribution is -0.0285. The van der Waals surface area contributed by atoms with E-state index < -0.39 is 5.41 Å². The van der Waals surface area contributed by atoms with Crippen molar-refractivity contribution < 1.29 is 5.11 Å². The molecular formula is C16H27NO. The van der Waals surface area contributed by atoms with Crippen LogP contribution in [0.1, 0.15) is 65.2 Å². The first-order valence-electron chi connectivity index (χ1n) is 7.67. The molecule has 2 aliphatic carbocycles. The largest absolute Gasteiger partial charge is 0.391 e. The molecule has 0 bridgehead atoms. The van der Waals surface area contributed by atoms with E-state index >= 15 is 0 Å². The highest BCUT2D eigenvalue weighted by Crippen LogP contribution is 2.46. The Morgan fingerprint density at radius 1 is 1.00 bits per heavy atom. The molecule has 0 aromatic heterocycles. The summed E-state index contributed by atoms with van der Waals surface area (Å²) in [6, 6.07) is 2.50. The molecule has 2 aliphatic rings. The van der Waals surface area contributed by atoms with Gasteiger partial charge in [-0.05, 0) is 56.3 Å². The van der Waals surface area contributed by atoms with Gasteiger partial charge in [0.2, 0.25) is 0 Å². The van der Waals surface area contributed by atoms with Crippen molar-refractivity contribution in [1.29, 1.82) is 5.26 Å². The molecule has 0 aromatic carbocycles. The van der Waals surface area contributed by atoms with Crippen LogP contribution < -0.4 is 0 Å². The van der Waals surface area contributed by atoms with Crippen molar-refractivity contribution in [2.45, 2.75) is 71.3 Å². The van der Waals surface area contributed by atoms with Crippen LogP contribution in [0.4, 0.5) is 0 Å². The number of aliphatic hydroxyl groups is 1. The molecule has 0 spiro atoms. The van der Waals surface area contributed by atoms with E-state index in [0.29, 0.717) is 5.92 Å². The van der Waals surface area contributed by atoms with Gasteiger partial charge in [-0.25, -0.2) is 0 Å². The van der Waals surface area contributed by atoms with Crippen molar-refractivity contribution in [2.24, 2.45) is 23.2 Å². The highest BCUT2D eigenvalue weighted by Gasteiger charge is 2.44. The minimum Gasteiger partial charge on any atom is -0.391 e. The highest BCUT2D eigenvalue weighted by atomic mass is 16.3. The normalized spacial score (nSPS) is 43.1. The van der Waals surface area contributed by atoms with Gasteiger partial charge in [0.1, 0.15) is 0 Å². The molecule has 1 N–H and O–H groups in total. The maximum absolute atomic E-state index is 10.7. The van der Waals surface area contributed by atoms with Crippen LogP contribution in [0, 0.1) is 34.5 Å². The summed E-state index contributed by atoms with van der Waals surface area (Å²) in [5.74, 6) is 1.90. The summed E-state index contributed by atoms with van der Waals surface area (Å²) in [6.07, 6.45) is 8.29. The Morgan fingerprint density at radius 3 is 2.00 bits per heavy atom. The molecule has 0 aliphatic heterocycles. The lowest BCUT2D eigenvalue weighted by Gasteiger charge is -2.42. The quantitative estimate of drug-likeness (QED) is 0.806. The van der Waals surface area contributed by atoms with Crippen molar-refractivity contribution in [2.75, 3.05) is 0 Å². The van der Waals surface area contributed by atoms with Gasteiger partial charge in [-0.15, -0.1) is 0 Å². The number of hydrogen-bond donors (Lipinski definition) is 1. The van der Waals surface area contributed by atoms with Crippen molar-refractivity contribution >= 4 is 0 Å². The Balaban J connectivity index is 2.01. The van der Waals surface area contributed by atoms with Crippen LogP contribution >= 0.6 is 0 Å². The predicted octanol–water partition coefficient (Wildman–Crippen LogP) is 3.89. The number of hydrogen-bond acceptors (Lipinski definition) is 2. The van der Waals surface area contributed by atoms with E-state index in [-0.39, 0.29) is 6.10 Å². The third kappa shape index (κ3) is 2.72. The minimum absolute atomic E-state index is 0.370. The molecule has 0 aromatic rings.